The van der Waals surface area contributed by atoms with Crippen LogP contribution in [-0.4, -0.2) is 19.4 Å². The SMILES string of the molecule is O=C(OCC(Cl)(Cl)c1ccccc1)OCC(Cl)(Cl)c1ccccc1. The molecule has 0 aliphatic rings. The molecule has 0 unspecified atom stereocenters. The van der Waals surface area contributed by atoms with Crippen LogP contribution in [-0.2, 0) is 18.1 Å². The molecular weight excluding hydrogens is 394 g/mol. The van der Waals surface area contributed by atoms with E-state index in [0.717, 1.165) is 0 Å². The molecule has 0 amide bonds. The predicted octanol–water partition coefficient (Wildman–Crippen LogP) is 5.80. The second kappa shape index (κ2) is 8.30. The molecule has 3 nitrogen and oxygen atoms in total. The molecule has 0 radical (unpaired) electrons. The molecule has 2 rings (SSSR count). The van der Waals surface area contributed by atoms with Gasteiger partial charge in [0.25, 0.3) is 0 Å². The van der Waals surface area contributed by atoms with Crippen molar-refractivity contribution >= 4 is 52.6 Å². The summed E-state index contributed by atoms with van der Waals surface area (Å²) in [5, 5.41) is 0. The van der Waals surface area contributed by atoms with Crippen LogP contribution in [0.1, 0.15) is 11.1 Å². The van der Waals surface area contributed by atoms with Crippen molar-refractivity contribution in [2.45, 2.75) is 8.67 Å². The van der Waals surface area contributed by atoms with Crippen LogP contribution in [0.15, 0.2) is 60.7 Å². The second-order valence-electron chi connectivity index (χ2n) is 4.97. The fraction of sp³-hybridized carbons (Fsp3) is 0.235. The summed E-state index contributed by atoms with van der Waals surface area (Å²) >= 11 is 24.7. The van der Waals surface area contributed by atoms with Crippen molar-refractivity contribution in [2.75, 3.05) is 13.2 Å². The average Bonchev–Trinajstić information content (AvgIpc) is 2.60. The highest BCUT2D eigenvalue weighted by atomic mass is 35.5. The third-order valence-electron chi connectivity index (χ3n) is 3.13. The normalized spacial score (nSPS) is 11.8. The van der Waals surface area contributed by atoms with Crippen LogP contribution in [0.2, 0.25) is 0 Å². The van der Waals surface area contributed by atoms with Gasteiger partial charge in [-0.3, -0.25) is 0 Å². The van der Waals surface area contributed by atoms with Crippen LogP contribution in [0.3, 0.4) is 0 Å². The number of carbonyl (C=O) groups excluding carboxylic acids is 1. The van der Waals surface area contributed by atoms with Gasteiger partial charge in [0.1, 0.15) is 13.2 Å². The van der Waals surface area contributed by atoms with E-state index in [-0.39, 0.29) is 13.2 Å². The number of hydrogen-bond acceptors (Lipinski definition) is 3. The first-order valence-electron chi connectivity index (χ1n) is 6.97. The fourth-order valence-electron chi connectivity index (χ4n) is 1.87. The topological polar surface area (TPSA) is 35.5 Å². The van der Waals surface area contributed by atoms with Gasteiger partial charge < -0.3 is 9.47 Å². The van der Waals surface area contributed by atoms with Crippen molar-refractivity contribution in [1.82, 2.24) is 0 Å². The van der Waals surface area contributed by atoms with Crippen molar-refractivity contribution in [1.29, 1.82) is 0 Å². The van der Waals surface area contributed by atoms with E-state index in [2.05, 4.69) is 0 Å². The Morgan fingerprint density at radius 2 is 1.04 bits per heavy atom. The Morgan fingerprint density at radius 3 is 1.38 bits per heavy atom. The smallest absolute Gasteiger partial charge is 0.431 e. The Hall–Kier alpha value is -1.13. The number of carbonyl (C=O) groups is 1. The van der Waals surface area contributed by atoms with Gasteiger partial charge in [-0.2, -0.15) is 0 Å². The van der Waals surface area contributed by atoms with E-state index < -0.39 is 14.8 Å². The highest BCUT2D eigenvalue weighted by Crippen LogP contribution is 2.35. The van der Waals surface area contributed by atoms with Gasteiger partial charge in [0.15, 0.2) is 8.67 Å². The number of benzene rings is 2. The van der Waals surface area contributed by atoms with Gasteiger partial charge in [-0.25, -0.2) is 4.79 Å². The molecule has 0 aliphatic carbocycles. The molecular formula is C17H14Cl4O3. The fourth-order valence-corrected chi connectivity index (χ4v) is 2.59. The summed E-state index contributed by atoms with van der Waals surface area (Å²) in [7, 11) is 0. The molecule has 24 heavy (non-hydrogen) atoms. The lowest BCUT2D eigenvalue weighted by molar-refractivity contribution is 0.0505. The van der Waals surface area contributed by atoms with E-state index >= 15 is 0 Å². The minimum atomic E-state index is -1.38. The summed E-state index contributed by atoms with van der Waals surface area (Å²) in [6.07, 6.45) is -0.960. The quantitative estimate of drug-likeness (QED) is 0.448. The van der Waals surface area contributed by atoms with Gasteiger partial charge in [-0.05, 0) is 11.1 Å². The third-order valence-corrected chi connectivity index (χ3v) is 4.44. The molecule has 7 heteroatoms. The zero-order valence-electron chi connectivity index (χ0n) is 12.4. The molecule has 0 saturated heterocycles. The summed E-state index contributed by atoms with van der Waals surface area (Å²) < 4.78 is 7.15. The van der Waals surface area contributed by atoms with E-state index in [0.29, 0.717) is 11.1 Å². The molecule has 0 saturated carbocycles. The molecule has 0 atom stereocenters. The summed E-state index contributed by atoms with van der Waals surface area (Å²) in [6, 6.07) is 17.7. The lowest BCUT2D eigenvalue weighted by Gasteiger charge is -2.21. The van der Waals surface area contributed by atoms with E-state index in [1.165, 1.54) is 0 Å². The van der Waals surface area contributed by atoms with Crippen LogP contribution >= 0.6 is 46.4 Å². The van der Waals surface area contributed by atoms with Crippen LogP contribution in [0, 0.1) is 0 Å². The zero-order chi connectivity index (χ0) is 17.6. The number of rotatable bonds is 6. The molecule has 0 spiro atoms. The van der Waals surface area contributed by atoms with Crippen molar-refractivity contribution in [2.24, 2.45) is 0 Å². The van der Waals surface area contributed by atoms with E-state index in [4.69, 9.17) is 55.9 Å². The Labute approximate surface area is 160 Å². The molecule has 128 valence electrons. The van der Waals surface area contributed by atoms with Gasteiger partial charge >= 0.3 is 6.16 Å². The monoisotopic (exact) mass is 406 g/mol. The molecule has 0 heterocycles. The van der Waals surface area contributed by atoms with Crippen LogP contribution in [0.5, 0.6) is 0 Å². The highest BCUT2D eigenvalue weighted by molar-refractivity contribution is 6.48. The van der Waals surface area contributed by atoms with Crippen molar-refractivity contribution in [3.8, 4) is 0 Å². The Kier molecular flexibility index (Phi) is 6.64. The third kappa shape index (κ3) is 5.45. The van der Waals surface area contributed by atoms with E-state index in [1.54, 1.807) is 48.5 Å². The van der Waals surface area contributed by atoms with Crippen LogP contribution < -0.4 is 0 Å². The highest BCUT2D eigenvalue weighted by Gasteiger charge is 2.31. The molecule has 0 fully saturated rings. The molecule has 2 aromatic carbocycles. The Balaban J connectivity index is 1.85. The first-order chi connectivity index (χ1) is 11.3. The first kappa shape index (κ1) is 19.2. The van der Waals surface area contributed by atoms with Crippen molar-refractivity contribution in [3.05, 3.63) is 71.8 Å². The molecule has 0 aromatic heterocycles. The summed E-state index contributed by atoms with van der Waals surface area (Å²) in [5.74, 6) is 0. The van der Waals surface area contributed by atoms with Gasteiger partial charge in [-0.1, -0.05) is 107 Å². The lowest BCUT2D eigenvalue weighted by atomic mass is 10.1. The maximum atomic E-state index is 11.7. The van der Waals surface area contributed by atoms with Gasteiger partial charge in [0.05, 0.1) is 0 Å². The predicted molar refractivity (Wildman–Crippen MR) is 97.0 cm³/mol. The standard InChI is InChI=1S/C17H14Cl4O3/c18-16(19,13-7-3-1-4-8-13)11-23-15(22)24-12-17(20,21)14-9-5-2-6-10-14/h1-10H,11-12H2. The van der Waals surface area contributed by atoms with E-state index in [1.807, 2.05) is 12.1 Å². The summed E-state index contributed by atoms with van der Waals surface area (Å²) in [5.41, 5.74) is 1.21. The Bertz CT molecular complexity index is 603. The zero-order valence-corrected chi connectivity index (χ0v) is 15.4. The number of halogens is 4. The second-order valence-corrected chi connectivity index (χ2v) is 7.94. The number of hydrogen-bond donors (Lipinski definition) is 0. The first-order valence-corrected chi connectivity index (χ1v) is 8.49. The number of ether oxygens (including phenoxy) is 2. The largest absolute Gasteiger partial charge is 0.508 e. The molecule has 0 N–H and O–H groups in total. The minimum absolute atomic E-state index is 0.276. The van der Waals surface area contributed by atoms with Gasteiger partial charge in [-0.15, -0.1) is 0 Å². The van der Waals surface area contributed by atoms with Gasteiger partial charge in [0.2, 0.25) is 0 Å². The number of alkyl halides is 4. The van der Waals surface area contributed by atoms with E-state index in [9.17, 15) is 4.79 Å². The van der Waals surface area contributed by atoms with Crippen LogP contribution in [0.25, 0.3) is 0 Å². The maximum absolute atomic E-state index is 11.7. The van der Waals surface area contributed by atoms with Crippen LogP contribution in [0.4, 0.5) is 4.79 Å². The molecule has 0 aliphatic heterocycles. The average molecular weight is 408 g/mol. The summed E-state index contributed by atoms with van der Waals surface area (Å²) in [4.78, 5) is 11.7. The maximum Gasteiger partial charge on any atom is 0.508 e. The lowest BCUT2D eigenvalue weighted by Crippen LogP contribution is -2.25. The Morgan fingerprint density at radius 1 is 0.708 bits per heavy atom. The summed E-state index contributed by atoms with van der Waals surface area (Å²) in [6.45, 7) is -0.552. The van der Waals surface area contributed by atoms with Gasteiger partial charge in [0, 0.05) is 0 Å². The van der Waals surface area contributed by atoms with Crippen molar-refractivity contribution in [3.63, 3.8) is 0 Å². The minimum Gasteiger partial charge on any atom is -0.431 e. The molecule has 0 bridgehead atoms. The molecule has 2 aromatic rings. The van der Waals surface area contributed by atoms with Crippen molar-refractivity contribution < 1.29 is 14.3 Å².